The van der Waals surface area contributed by atoms with Crippen molar-refractivity contribution in [2.24, 2.45) is 5.73 Å². The summed E-state index contributed by atoms with van der Waals surface area (Å²) in [5.74, 6) is -1.31. The maximum Gasteiger partial charge on any atom is 0.339 e. The minimum absolute atomic E-state index is 0.0671. The first kappa shape index (κ1) is 13.8. The van der Waals surface area contributed by atoms with E-state index in [4.69, 9.17) is 15.9 Å². The highest BCUT2D eigenvalue weighted by Crippen LogP contribution is 2.14. The van der Waals surface area contributed by atoms with Crippen molar-refractivity contribution in [3.63, 3.8) is 0 Å². The minimum Gasteiger partial charge on any atom is -0.507 e. The first-order valence-electron chi connectivity index (χ1n) is 4.58. The second kappa shape index (κ2) is 7.11. The Hall–Kier alpha value is -2.23. The van der Waals surface area contributed by atoms with Crippen molar-refractivity contribution in [2.75, 3.05) is 0 Å². The maximum atomic E-state index is 10.3. The van der Waals surface area contributed by atoms with Gasteiger partial charge in [0.2, 0.25) is 0 Å². The quantitative estimate of drug-likeness (QED) is 0.668. The van der Waals surface area contributed by atoms with Crippen LogP contribution in [0.15, 0.2) is 48.7 Å². The first-order chi connectivity index (χ1) is 7.52. The Balaban J connectivity index is 0.000000325. The lowest BCUT2D eigenvalue weighted by molar-refractivity contribution is 0.0694. The summed E-state index contributed by atoms with van der Waals surface area (Å²) in [6.07, 6.45) is 3.41. The number of carboxylic acids is 1. The molecule has 16 heavy (non-hydrogen) atoms. The molecular weight excluding hydrogens is 206 g/mol. The highest BCUT2D eigenvalue weighted by molar-refractivity contribution is 5.90. The summed E-state index contributed by atoms with van der Waals surface area (Å²) in [4.78, 5) is 10.3. The molecule has 0 aliphatic rings. The summed E-state index contributed by atoms with van der Waals surface area (Å²) < 4.78 is 0. The van der Waals surface area contributed by atoms with E-state index in [1.165, 1.54) is 12.1 Å². The Morgan fingerprint density at radius 1 is 1.44 bits per heavy atom. The molecule has 1 aromatic rings. The normalized spacial score (nSPS) is 9.94. The van der Waals surface area contributed by atoms with E-state index in [-0.39, 0.29) is 11.3 Å². The Bertz CT molecular complexity index is 397. The largest absolute Gasteiger partial charge is 0.507 e. The average Bonchev–Trinajstić information content (AvgIpc) is 2.29. The van der Waals surface area contributed by atoms with E-state index < -0.39 is 5.97 Å². The van der Waals surface area contributed by atoms with Gasteiger partial charge in [-0.25, -0.2) is 4.79 Å². The van der Waals surface area contributed by atoms with Crippen LogP contribution in [0.3, 0.4) is 0 Å². The number of carbonyl (C=O) groups is 1. The number of hydrogen-bond acceptors (Lipinski definition) is 3. The Morgan fingerprint density at radius 3 is 2.25 bits per heavy atom. The molecular formula is C12H15NO3. The topological polar surface area (TPSA) is 83.6 Å². The molecule has 0 saturated heterocycles. The van der Waals surface area contributed by atoms with E-state index in [1.54, 1.807) is 24.3 Å². The average molecular weight is 221 g/mol. The molecule has 0 fully saturated rings. The van der Waals surface area contributed by atoms with Gasteiger partial charge in [-0.05, 0) is 25.1 Å². The van der Waals surface area contributed by atoms with E-state index in [0.717, 1.165) is 5.70 Å². The van der Waals surface area contributed by atoms with Crippen LogP contribution in [0.4, 0.5) is 0 Å². The number of aromatic carboxylic acids is 1. The van der Waals surface area contributed by atoms with Gasteiger partial charge in [0, 0.05) is 5.70 Å². The molecule has 86 valence electrons. The Labute approximate surface area is 94.3 Å². The number of phenols is 1. The molecule has 1 rings (SSSR count). The zero-order valence-electron chi connectivity index (χ0n) is 9.05. The van der Waals surface area contributed by atoms with Crippen molar-refractivity contribution < 1.29 is 15.0 Å². The molecule has 0 aliphatic heterocycles. The number of aromatic hydroxyl groups is 1. The number of carboxylic acid groups (broad SMARTS) is 1. The van der Waals surface area contributed by atoms with Crippen molar-refractivity contribution in [3.8, 4) is 5.75 Å². The van der Waals surface area contributed by atoms with Crippen molar-refractivity contribution in [3.05, 3.63) is 54.3 Å². The van der Waals surface area contributed by atoms with Gasteiger partial charge in [0.15, 0.2) is 0 Å². The second-order valence-electron chi connectivity index (χ2n) is 2.82. The summed E-state index contributed by atoms with van der Waals surface area (Å²) in [5, 5.41) is 17.3. The monoisotopic (exact) mass is 221 g/mol. The Kier molecular flexibility index (Phi) is 6.12. The SMILES string of the molecule is C=CC(N)=CC.O=C(O)c1ccccc1O. The van der Waals surface area contributed by atoms with Gasteiger partial charge in [-0.15, -0.1) is 0 Å². The molecule has 0 bridgehead atoms. The molecule has 1 aromatic carbocycles. The number of benzene rings is 1. The zero-order chi connectivity index (χ0) is 12.6. The van der Waals surface area contributed by atoms with Crippen LogP contribution in [0.2, 0.25) is 0 Å². The van der Waals surface area contributed by atoms with Gasteiger partial charge in [0.05, 0.1) is 0 Å². The molecule has 4 heteroatoms. The molecule has 0 amide bonds. The van der Waals surface area contributed by atoms with Gasteiger partial charge in [0.1, 0.15) is 11.3 Å². The molecule has 0 aromatic heterocycles. The molecule has 0 unspecified atom stereocenters. The van der Waals surface area contributed by atoms with E-state index >= 15 is 0 Å². The van der Waals surface area contributed by atoms with E-state index in [2.05, 4.69) is 6.58 Å². The maximum absolute atomic E-state index is 10.3. The van der Waals surface area contributed by atoms with Gasteiger partial charge in [-0.2, -0.15) is 0 Å². The summed E-state index contributed by atoms with van der Waals surface area (Å²) in [6, 6.07) is 5.81. The first-order valence-corrected chi connectivity index (χ1v) is 4.58. The van der Waals surface area contributed by atoms with Crippen LogP contribution in [0, 0.1) is 0 Å². The fourth-order valence-corrected chi connectivity index (χ4v) is 0.772. The second-order valence-corrected chi connectivity index (χ2v) is 2.82. The smallest absolute Gasteiger partial charge is 0.339 e. The van der Waals surface area contributed by atoms with Crippen LogP contribution in [-0.4, -0.2) is 16.2 Å². The molecule has 4 N–H and O–H groups in total. The third-order valence-electron chi connectivity index (χ3n) is 1.70. The molecule has 4 nitrogen and oxygen atoms in total. The number of para-hydroxylation sites is 1. The molecule has 0 radical (unpaired) electrons. The van der Waals surface area contributed by atoms with Crippen LogP contribution < -0.4 is 5.73 Å². The van der Waals surface area contributed by atoms with E-state index in [1.807, 2.05) is 6.92 Å². The highest BCUT2D eigenvalue weighted by atomic mass is 16.4. The molecule has 0 saturated carbocycles. The van der Waals surface area contributed by atoms with Crippen molar-refractivity contribution in [1.29, 1.82) is 0 Å². The predicted octanol–water partition coefficient (Wildman–Crippen LogP) is 2.13. The summed E-state index contributed by atoms with van der Waals surface area (Å²) in [7, 11) is 0. The molecule has 0 spiro atoms. The summed E-state index contributed by atoms with van der Waals surface area (Å²) >= 11 is 0. The minimum atomic E-state index is -1.11. The zero-order valence-corrected chi connectivity index (χ0v) is 9.05. The number of nitrogens with two attached hydrogens (primary N) is 1. The third kappa shape index (κ3) is 4.85. The van der Waals surface area contributed by atoms with Gasteiger partial charge in [0.25, 0.3) is 0 Å². The molecule has 0 aliphatic carbocycles. The van der Waals surface area contributed by atoms with Gasteiger partial charge in [-0.1, -0.05) is 24.8 Å². The molecule has 0 atom stereocenters. The van der Waals surface area contributed by atoms with Crippen LogP contribution in [0.1, 0.15) is 17.3 Å². The lowest BCUT2D eigenvalue weighted by Crippen LogP contribution is -1.95. The van der Waals surface area contributed by atoms with Crippen LogP contribution >= 0.6 is 0 Å². The lowest BCUT2D eigenvalue weighted by atomic mass is 10.2. The van der Waals surface area contributed by atoms with Crippen molar-refractivity contribution in [2.45, 2.75) is 6.92 Å². The van der Waals surface area contributed by atoms with Crippen LogP contribution in [-0.2, 0) is 0 Å². The number of rotatable bonds is 2. The van der Waals surface area contributed by atoms with E-state index in [9.17, 15) is 4.79 Å². The van der Waals surface area contributed by atoms with E-state index in [0.29, 0.717) is 0 Å². The lowest BCUT2D eigenvalue weighted by Gasteiger charge is -1.95. The highest BCUT2D eigenvalue weighted by Gasteiger charge is 2.05. The number of allylic oxidation sites excluding steroid dienone is 2. The van der Waals surface area contributed by atoms with Crippen LogP contribution in [0.5, 0.6) is 5.75 Å². The van der Waals surface area contributed by atoms with Crippen LogP contribution in [0.25, 0.3) is 0 Å². The van der Waals surface area contributed by atoms with Gasteiger partial charge >= 0.3 is 5.97 Å². The number of hydrogen-bond donors (Lipinski definition) is 3. The van der Waals surface area contributed by atoms with Crippen molar-refractivity contribution in [1.82, 2.24) is 0 Å². The molecule has 0 heterocycles. The Morgan fingerprint density at radius 2 is 2.00 bits per heavy atom. The summed E-state index contributed by atoms with van der Waals surface area (Å²) in [6.45, 7) is 5.31. The predicted molar refractivity (Wildman–Crippen MR) is 63.2 cm³/mol. The fourth-order valence-electron chi connectivity index (χ4n) is 0.772. The van der Waals surface area contributed by atoms with Gasteiger partial charge in [-0.3, -0.25) is 0 Å². The standard InChI is InChI=1S/C7H6O3.C5H9N/c8-6-4-2-1-3-5(6)7(9)10;1-3-5(6)4-2/h1-4,8H,(H,9,10);3-4H,1,6H2,2H3. The van der Waals surface area contributed by atoms with Crippen molar-refractivity contribution >= 4 is 5.97 Å². The third-order valence-corrected chi connectivity index (χ3v) is 1.70. The van der Waals surface area contributed by atoms with Gasteiger partial charge < -0.3 is 15.9 Å². The summed E-state index contributed by atoms with van der Waals surface area (Å²) in [5.41, 5.74) is 5.88. The fraction of sp³-hybridized carbons (Fsp3) is 0.0833.